The third-order valence-electron chi connectivity index (χ3n) is 2.85. The lowest BCUT2D eigenvalue weighted by Crippen LogP contribution is -2.42. The van der Waals surface area contributed by atoms with E-state index in [1.807, 2.05) is 12.1 Å². The van der Waals surface area contributed by atoms with Crippen LogP contribution in [-0.2, 0) is 4.57 Å². The summed E-state index contributed by atoms with van der Waals surface area (Å²) < 4.78 is 11.4. The Morgan fingerprint density at radius 1 is 0.905 bits per heavy atom. The van der Waals surface area contributed by atoms with Crippen LogP contribution >= 0.6 is 42.1 Å². The molecular formula is C14H13Cl3NO2P. The molecule has 0 spiro atoms. The smallest absolute Gasteiger partial charge is 0.229 e. The predicted octanol–water partition coefficient (Wildman–Crippen LogP) is 3.19. The number of hydrogen-bond acceptors (Lipinski definition) is 2. The average Bonchev–Trinajstić information content (AvgIpc) is 2.48. The van der Waals surface area contributed by atoms with Gasteiger partial charge in [-0.15, -0.1) is 0 Å². The topological polar surface area (TPSA) is 49.3 Å². The van der Waals surface area contributed by atoms with Gasteiger partial charge in [0.15, 0.2) is 6.23 Å². The van der Waals surface area contributed by atoms with Crippen LogP contribution in [0.4, 0.5) is 0 Å². The number of halogens is 3. The van der Waals surface area contributed by atoms with Gasteiger partial charge in [0.05, 0.1) is 0 Å². The van der Waals surface area contributed by atoms with Crippen molar-refractivity contribution in [3.63, 3.8) is 0 Å². The Bertz CT molecular complexity index is 588. The lowest BCUT2D eigenvalue weighted by atomic mass is 10.4. The molecule has 0 radical (unpaired) electrons. The minimum atomic E-state index is -3.33. The molecule has 2 aromatic carbocycles. The van der Waals surface area contributed by atoms with Gasteiger partial charge in [-0.2, -0.15) is 0 Å². The van der Waals surface area contributed by atoms with Crippen LogP contribution in [0.25, 0.3) is 0 Å². The van der Waals surface area contributed by atoms with Gasteiger partial charge in [-0.1, -0.05) is 71.2 Å². The van der Waals surface area contributed by atoms with Gasteiger partial charge >= 0.3 is 0 Å². The molecule has 0 fully saturated rings. The van der Waals surface area contributed by atoms with Gasteiger partial charge in [-0.05, 0) is 24.3 Å². The zero-order chi connectivity index (χ0) is 15.5. The first-order valence-corrected chi connectivity index (χ1v) is 8.92. The van der Waals surface area contributed by atoms with E-state index in [0.717, 1.165) is 0 Å². The van der Waals surface area contributed by atoms with E-state index in [2.05, 4.69) is 5.09 Å². The molecule has 0 aromatic heterocycles. The summed E-state index contributed by atoms with van der Waals surface area (Å²) >= 11 is 17.0. The number of benzene rings is 2. The van der Waals surface area contributed by atoms with E-state index >= 15 is 0 Å². The molecule has 0 saturated carbocycles. The van der Waals surface area contributed by atoms with Crippen molar-refractivity contribution in [1.29, 1.82) is 0 Å². The normalized spacial score (nSPS) is 13.9. The zero-order valence-corrected chi connectivity index (χ0v) is 13.9. The highest BCUT2D eigenvalue weighted by Crippen LogP contribution is 2.42. The minimum absolute atomic E-state index is 0.518. The highest BCUT2D eigenvalue weighted by molar-refractivity contribution is 7.76. The third kappa shape index (κ3) is 4.01. The monoisotopic (exact) mass is 363 g/mol. The summed E-state index contributed by atoms with van der Waals surface area (Å²) in [6.07, 6.45) is -1.58. The van der Waals surface area contributed by atoms with Crippen LogP contribution in [0.2, 0.25) is 0 Å². The quantitative estimate of drug-likeness (QED) is 0.498. The Balaban J connectivity index is 2.48. The molecule has 1 atom stereocenters. The number of nitrogens with one attached hydrogen (secondary N) is 1. The second-order valence-corrected chi connectivity index (χ2v) is 9.23. The van der Waals surface area contributed by atoms with Gasteiger partial charge in [-0.3, -0.25) is 4.57 Å². The highest BCUT2D eigenvalue weighted by Gasteiger charge is 2.38. The molecule has 0 aliphatic heterocycles. The summed E-state index contributed by atoms with van der Waals surface area (Å²) in [5.41, 5.74) is 0. The third-order valence-corrected chi connectivity index (χ3v) is 6.13. The fourth-order valence-electron chi connectivity index (χ4n) is 1.82. The minimum Gasteiger partial charge on any atom is -0.374 e. The van der Waals surface area contributed by atoms with Crippen molar-refractivity contribution in [1.82, 2.24) is 5.09 Å². The van der Waals surface area contributed by atoms with Gasteiger partial charge in [0.25, 0.3) is 0 Å². The zero-order valence-electron chi connectivity index (χ0n) is 10.8. The molecule has 112 valence electrons. The van der Waals surface area contributed by atoms with Crippen LogP contribution in [0, 0.1) is 0 Å². The second-order valence-electron chi connectivity index (χ2n) is 4.35. The van der Waals surface area contributed by atoms with Crippen LogP contribution in [0.5, 0.6) is 0 Å². The van der Waals surface area contributed by atoms with Crippen molar-refractivity contribution in [3.8, 4) is 0 Å². The molecule has 2 aromatic rings. The van der Waals surface area contributed by atoms with E-state index in [0.29, 0.717) is 10.6 Å². The molecule has 1 unspecified atom stereocenters. The number of aliphatic hydroxyl groups is 1. The molecule has 0 aliphatic rings. The number of aliphatic hydroxyl groups excluding tert-OH is 1. The SMILES string of the molecule is O=P(NC(O)C(Cl)(Cl)Cl)(c1ccccc1)c1ccccc1. The molecule has 2 N–H and O–H groups in total. The summed E-state index contributed by atoms with van der Waals surface area (Å²) in [7, 11) is -3.33. The van der Waals surface area contributed by atoms with Crippen LogP contribution in [-0.4, -0.2) is 15.1 Å². The van der Waals surface area contributed by atoms with Crippen LogP contribution < -0.4 is 15.7 Å². The fraction of sp³-hybridized carbons (Fsp3) is 0.143. The van der Waals surface area contributed by atoms with Crippen molar-refractivity contribution in [2.24, 2.45) is 0 Å². The van der Waals surface area contributed by atoms with E-state index in [4.69, 9.17) is 34.8 Å². The molecule has 0 aliphatic carbocycles. The van der Waals surface area contributed by atoms with Gasteiger partial charge in [0.1, 0.15) is 0 Å². The van der Waals surface area contributed by atoms with Gasteiger partial charge in [0.2, 0.25) is 11.1 Å². The van der Waals surface area contributed by atoms with Crippen LogP contribution in [0.1, 0.15) is 0 Å². The van der Waals surface area contributed by atoms with E-state index in [9.17, 15) is 9.67 Å². The maximum Gasteiger partial charge on any atom is 0.229 e. The summed E-state index contributed by atoms with van der Waals surface area (Å²) in [5.74, 6) is 0. The van der Waals surface area contributed by atoms with E-state index in [1.54, 1.807) is 48.5 Å². The summed E-state index contributed by atoms with van der Waals surface area (Å²) in [6.45, 7) is 0. The molecule has 21 heavy (non-hydrogen) atoms. The molecule has 0 heterocycles. The van der Waals surface area contributed by atoms with Gasteiger partial charge in [0, 0.05) is 10.6 Å². The van der Waals surface area contributed by atoms with Crippen molar-refractivity contribution < 1.29 is 9.67 Å². The molecule has 7 heteroatoms. The molecular weight excluding hydrogens is 351 g/mol. The summed E-state index contributed by atoms with van der Waals surface area (Å²) in [5, 5.41) is 13.6. The molecule has 2 rings (SSSR count). The second kappa shape index (κ2) is 6.70. The first-order chi connectivity index (χ1) is 9.84. The first kappa shape index (κ1) is 16.8. The Hall–Kier alpha value is -0.540. The van der Waals surface area contributed by atoms with E-state index in [-0.39, 0.29) is 0 Å². The number of hydrogen-bond donors (Lipinski definition) is 2. The van der Waals surface area contributed by atoms with Crippen LogP contribution in [0.15, 0.2) is 60.7 Å². The standard InChI is InChI=1S/C14H13Cl3NO2P/c15-14(16,17)13(19)18-21(20,11-7-3-1-4-8-11)12-9-5-2-6-10-12/h1-10,13,19H,(H,18,20). The van der Waals surface area contributed by atoms with Gasteiger partial charge < -0.3 is 5.11 Å². The highest BCUT2D eigenvalue weighted by atomic mass is 35.6. The summed E-state index contributed by atoms with van der Waals surface area (Å²) in [4.78, 5) is 0. The lowest BCUT2D eigenvalue weighted by Gasteiger charge is -2.27. The average molecular weight is 365 g/mol. The molecule has 0 bridgehead atoms. The Morgan fingerprint density at radius 2 is 1.29 bits per heavy atom. The first-order valence-electron chi connectivity index (χ1n) is 6.08. The van der Waals surface area contributed by atoms with E-state index < -0.39 is 17.3 Å². The Morgan fingerprint density at radius 3 is 1.62 bits per heavy atom. The Labute approximate surface area is 138 Å². The van der Waals surface area contributed by atoms with E-state index in [1.165, 1.54) is 0 Å². The Kier molecular flexibility index (Phi) is 5.37. The lowest BCUT2D eigenvalue weighted by molar-refractivity contribution is 0.168. The van der Waals surface area contributed by atoms with Crippen LogP contribution in [0.3, 0.4) is 0 Å². The van der Waals surface area contributed by atoms with Crippen molar-refractivity contribution in [2.45, 2.75) is 10.0 Å². The van der Waals surface area contributed by atoms with Crippen molar-refractivity contribution >= 4 is 52.7 Å². The number of rotatable bonds is 4. The molecule has 3 nitrogen and oxygen atoms in total. The maximum absolute atomic E-state index is 13.4. The predicted molar refractivity (Wildman–Crippen MR) is 89.2 cm³/mol. The fourth-order valence-corrected chi connectivity index (χ4v) is 4.53. The molecule has 0 amide bonds. The van der Waals surface area contributed by atoms with Crippen molar-refractivity contribution in [3.05, 3.63) is 60.7 Å². The van der Waals surface area contributed by atoms with Crippen molar-refractivity contribution in [2.75, 3.05) is 0 Å². The molecule has 0 saturated heterocycles. The summed E-state index contributed by atoms with van der Waals surface area (Å²) in [6, 6.07) is 17.5. The van der Waals surface area contributed by atoms with Gasteiger partial charge in [-0.25, -0.2) is 5.09 Å². The number of alkyl halides is 3. The largest absolute Gasteiger partial charge is 0.374 e. The maximum atomic E-state index is 13.4.